The first-order valence-electron chi connectivity index (χ1n) is 12.2. The van der Waals surface area contributed by atoms with Crippen molar-refractivity contribution in [2.24, 2.45) is 5.92 Å². The number of benzene rings is 1. The van der Waals surface area contributed by atoms with Crippen LogP contribution >= 0.6 is 22.6 Å². The SMILES string of the molecule is CCC=CC(=O)N(CC1CC1)C1CC(C(=O)NCCO)=CC(Oc2c(I)cc(CO)cc2OC)C1O. The van der Waals surface area contributed by atoms with Gasteiger partial charge in [0.15, 0.2) is 11.5 Å². The summed E-state index contributed by atoms with van der Waals surface area (Å²) in [5.41, 5.74) is 1.02. The van der Waals surface area contributed by atoms with E-state index in [4.69, 9.17) is 14.6 Å². The van der Waals surface area contributed by atoms with Crippen LogP contribution in [0.15, 0.2) is 35.9 Å². The molecule has 3 unspecified atom stereocenters. The lowest BCUT2D eigenvalue weighted by atomic mass is 9.88. The van der Waals surface area contributed by atoms with E-state index < -0.39 is 18.2 Å². The molecule has 9 nitrogen and oxygen atoms in total. The van der Waals surface area contributed by atoms with Gasteiger partial charge in [-0.15, -0.1) is 0 Å². The van der Waals surface area contributed by atoms with Crippen LogP contribution in [0.1, 0.15) is 38.2 Å². The highest BCUT2D eigenvalue weighted by molar-refractivity contribution is 14.1. The number of methoxy groups -OCH3 is 1. The number of ether oxygens (including phenoxy) is 2. The van der Waals surface area contributed by atoms with Gasteiger partial charge in [0.05, 0.1) is 29.9 Å². The largest absolute Gasteiger partial charge is 0.493 e. The third-order valence-corrected chi connectivity index (χ3v) is 7.07. The molecular weight excluding hydrogens is 579 g/mol. The maximum atomic E-state index is 13.1. The van der Waals surface area contributed by atoms with E-state index in [2.05, 4.69) is 27.9 Å². The van der Waals surface area contributed by atoms with Crippen molar-refractivity contribution in [2.45, 2.75) is 57.5 Å². The van der Waals surface area contributed by atoms with Gasteiger partial charge in [-0.2, -0.15) is 0 Å². The smallest absolute Gasteiger partial charge is 0.247 e. The molecule has 0 radical (unpaired) electrons. The number of rotatable bonds is 12. The fraction of sp³-hybridized carbons (Fsp3) is 0.538. The summed E-state index contributed by atoms with van der Waals surface area (Å²) in [6.07, 6.45) is 5.76. The fourth-order valence-electron chi connectivity index (χ4n) is 4.18. The Hall–Kier alpha value is -2.15. The number of amides is 2. The molecule has 0 heterocycles. The topological polar surface area (TPSA) is 129 Å². The number of carbonyl (C=O) groups excluding carboxylic acids is 2. The predicted octanol–water partition coefficient (Wildman–Crippen LogP) is 1.91. The second-order valence-electron chi connectivity index (χ2n) is 9.03. The molecule has 1 aromatic rings. The van der Waals surface area contributed by atoms with Crippen molar-refractivity contribution in [2.75, 3.05) is 26.8 Å². The van der Waals surface area contributed by atoms with E-state index in [0.717, 1.165) is 12.8 Å². The predicted molar refractivity (Wildman–Crippen MR) is 143 cm³/mol. The van der Waals surface area contributed by atoms with Crippen molar-refractivity contribution in [3.63, 3.8) is 0 Å². The summed E-state index contributed by atoms with van der Waals surface area (Å²) in [6.45, 7) is 2.16. The fourth-order valence-corrected chi connectivity index (χ4v) is 4.97. The zero-order valence-electron chi connectivity index (χ0n) is 20.7. The Morgan fingerprint density at radius 1 is 1.28 bits per heavy atom. The summed E-state index contributed by atoms with van der Waals surface area (Å²) in [6, 6.07) is 2.73. The van der Waals surface area contributed by atoms with Gasteiger partial charge < -0.3 is 35.0 Å². The van der Waals surface area contributed by atoms with Gasteiger partial charge in [0.2, 0.25) is 11.8 Å². The van der Waals surface area contributed by atoms with Crippen molar-refractivity contribution in [3.8, 4) is 11.5 Å². The highest BCUT2D eigenvalue weighted by atomic mass is 127. The zero-order chi connectivity index (χ0) is 26.2. The minimum absolute atomic E-state index is 0.0905. The van der Waals surface area contributed by atoms with Gasteiger partial charge in [-0.3, -0.25) is 9.59 Å². The molecule has 0 spiro atoms. The Labute approximate surface area is 225 Å². The van der Waals surface area contributed by atoms with E-state index in [1.165, 1.54) is 13.2 Å². The molecule has 0 bridgehead atoms. The standard InChI is InChI=1S/C26H35IN2O7/c1-3-4-5-23(32)29(14-16-6-7-16)20-12-18(26(34)28-8-9-30)13-21(24(20)33)36-25-19(27)10-17(15-31)11-22(25)35-2/h4-5,10-11,13,16,20-21,24,30-31,33H,3,6-9,12,14-15H2,1-2H3,(H,28,34). The van der Waals surface area contributed by atoms with Crippen LogP contribution in [-0.2, 0) is 16.2 Å². The second kappa shape index (κ2) is 13.4. The number of aliphatic hydroxyl groups is 3. The van der Waals surface area contributed by atoms with Crippen LogP contribution in [0.3, 0.4) is 0 Å². The normalized spacial score (nSPS) is 21.7. The average molecular weight is 614 g/mol. The Balaban J connectivity index is 1.98. The van der Waals surface area contributed by atoms with Gasteiger partial charge in [0.25, 0.3) is 0 Å². The number of nitrogens with zero attached hydrogens (tertiary/aromatic N) is 1. The summed E-state index contributed by atoms with van der Waals surface area (Å²) in [5, 5.41) is 32.8. The zero-order valence-corrected chi connectivity index (χ0v) is 22.8. The molecule has 2 amide bonds. The van der Waals surface area contributed by atoms with Crippen LogP contribution < -0.4 is 14.8 Å². The molecule has 1 fully saturated rings. The lowest BCUT2D eigenvalue weighted by molar-refractivity contribution is -0.133. The van der Waals surface area contributed by atoms with Crippen LogP contribution in [0.4, 0.5) is 0 Å². The Morgan fingerprint density at radius 2 is 2.03 bits per heavy atom. The van der Waals surface area contributed by atoms with E-state index >= 15 is 0 Å². The van der Waals surface area contributed by atoms with Crippen molar-refractivity contribution >= 4 is 34.4 Å². The van der Waals surface area contributed by atoms with Crippen LogP contribution in [0, 0.1) is 9.49 Å². The molecule has 36 heavy (non-hydrogen) atoms. The summed E-state index contributed by atoms with van der Waals surface area (Å²) in [4.78, 5) is 27.7. The minimum atomic E-state index is -1.10. The van der Waals surface area contributed by atoms with Crippen molar-refractivity contribution in [1.29, 1.82) is 0 Å². The molecule has 4 N–H and O–H groups in total. The quantitative estimate of drug-likeness (QED) is 0.209. The monoisotopic (exact) mass is 614 g/mol. The Bertz CT molecular complexity index is 993. The molecule has 2 aliphatic rings. The minimum Gasteiger partial charge on any atom is -0.493 e. The van der Waals surface area contributed by atoms with Crippen LogP contribution in [-0.4, -0.2) is 77.1 Å². The van der Waals surface area contributed by atoms with Crippen molar-refractivity contribution in [3.05, 3.63) is 45.1 Å². The summed E-state index contributed by atoms with van der Waals surface area (Å²) in [7, 11) is 1.49. The van der Waals surface area contributed by atoms with Gasteiger partial charge in [-0.05, 0) is 77.6 Å². The molecular formula is C26H35IN2O7. The average Bonchev–Trinajstić information content (AvgIpc) is 3.70. The Kier molecular flexibility index (Phi) is 10.6. The number of hydrogen-bond acceptors (Lipinski definition) is 7. The van der Waals surface area contributed by atoms with E-state index in [0.29, 0.717) is 45.1 Å². The lowest BCUT2D eigenvalue weighted by Gasteiger charge is -2.40. The molecule has 1 aromatic carbocycles. The molecule has 0 saturated heterocycles. The maximum absolute atomic E-state index is 13.1. The first-order chi connectivity index (χ1) is 17.3. The van der Waals surface area contributed by atoms with Gasteiger partial charge in [0.1, 0.15) is 12.2 Å². The van der Waals surface area contributed by atoms with Crippen LogP contribution in [0.25, 0.3) is 0 Å². The van der Waals surface area contributed by atoms with E-state index in [1.807, 2.05) is 6.92 Å². The Morgan fingerprint density at radius 3 is 2.64 bits per heavy atom. The van der Waals surface area contributed by atoms with E-state index in [-0.39, 0.29) is 38.0 Å². The number of nitrogens with one attached hydrogen (secondary N) is 1. The van der Waals surface area contributed by atoms with Crippen LogP contribution in [0.5, 0.6) is 11.5 Å². The number of carbonyl (C=O) groups is 2. The number of halogens is 1. The van der Waals surface area contributed by atoms with Crippen molar-refractivity contribution in [1.82, 2.24) is 10.2 Å². The van der Waals surface area contributed by atoms with E-state index in [9.17, 15) is 19.8 Å². The molecule has 1 saturated carbocycles. The highest BCUT2D eigenvalue weighted by Crippen LogP contribution is 2.38. The molecule has 0 aromatic heterocycles. The number of allylic oxidation sites excluding steroid dienone is 1. The number of hydrogen-bond donors (Lipinski definition) is 4. The molecule has 0 aliphatic heterocycles. The summed E-state index contributed by atoms with van der Waals surface area (Å²) < 4.78 is 12.4. The molecule has 3 atom stereocenters. The van der Waals surface area contributed by atoms with Gasteiger partial charge in [0, 0.05) is 25.1 Å². The lowest BCUT2D eigenvalue weighted by Crippen LogP contribution is -2.55. The number of aliphatic hydroxyl groups excluding tert-OH is 3. The van der Waals surface area contributed by atoms with Gasteiger partial charge in [-0.25, -0.2) is 0 Å². The first kappa shape index (κ1) is 28.4. The van der Waals surface area contributed by atoms with Gasteiger partial charge >= 0.3 is 0 Å². The summed E-state index contributed by atoms with van der Waals surface area (Å²) in [5.74, 6) is 0.548. The van der Waals surface area contributed by atoms with Crippen molar-refractivity contribution < 1.29 is 34.4 Å². The third kappa shape index (κ3) is 7.21. The van der Waals surface area contributed by atoms with E-state index in [1.54, 1.807) is 29.2 Å². The second-order valence-corrected chi connectivity index (χ2v) is 10.2. The maximum Gasteiger partial charge on any atom is 0.247 e. The van der Waals surface area contributed by atoms with Crippen LogP contribution in [0.2, 0.25) is 0 Å². The molecule has 10 heteroatoms. The summed E-state index contributed by atoms with van der Waals surface area (Å²) >= 11 is 2.07. The highest BCUT2D eigenvalue weighted by Gasteiger charge is 2.42. The third-order valence-electron chi connectivity index (χ3n) is 6.27. The van der Waals surface area contributed by atoms with Gasteiger partial charge in [-0.1, -0.05) is 13.0 Å². The molecule has 2 aliphatic carbocycles. The molecule has 198 valence electrons. The first-order valence-corrected chi connectivity index (χ1v) is 13.3. The molecule has 3 rings (SSSR count).